The van der Waals surface area contributed by atoms with Gasteiger partial charge < -0.3 is 14.6 Å². The van der Waals surface area contributed by atoms with Gasteiger partial charge in [0.25, 0.3) is 0 Å². The van der Waals surface area contributed by atoms with Crippen molar-refractivity contribution < 1.29 is 14.6 Å². The van der Waals surface area contributed by atoms with Gasteiger partial charge >= 0.3 is 0 Å². The Hall–Kier alpha value is -1.06. The first-order valence-corrected chi connectivity index (χ1v) is 6.97. The minimum absolute atomic E-state index is 0.278. The van der Waals surface area contributed by atoms with Gasteiger partial charge in [0.2, 0.25) is 0 Å². The minimum Gasteiger partial charge on any atom is -0.497 e. The molecule has 1 N–H and O–H groups in total. The van der Waals surface area contributed by atoms with Crippen molar-refractivity contribution >= 4 is 0 Å². The molecule has 0 bridgehead atoms. The molecule has 0 unspecified atom stereocenters. The summed E-state index contributed by atoms with van der Waals surface area (Å²) in [6, 6.07) is 7.95. The highest BCUT2D eigenvalue weighted by atomic mass is 16.5. The number of hydrogen-bond acceptors (Lipinski definition) is 3. The van der Waals surface area contributed by atoms with E-state index in [1.807, 2.05) is 24.3 Å². The molecular weight excluding hydrogens is 240 g/mol. The van der Waals surface area contributed by atoms with E-state index in [0.717, 1.165) is 30.8 Å². The van der Waals surface area contributed by atoms with Crippen molar-refractivity contribution in [2.45, 2.75) is 33.3 Å². The summed E-state index contributed by atoms with van der Waals surface area (Å²) in [6.07, 6.45) is 1.98. The van der Waals surface area contributed by atoms with Crippen LogP contribution in [0.25, 0.3) is 0 Å². The third-order valence-electron chi connectivity index (χ3n) is 3.26. The van der Waals surface area contributed by atoms with E-state index in [9.17, 15) is 0 Å². The number of aliphatic hydroxyl groups excluding tert-OH is 1. The molecule has 0 heterocycles. The largest absolute Gasteiger partial charge is 0.497 e. The molecule has 2 atom stereocenters. The molecular formula is C16H26O3. The number of aliphatic hydroxyl groups is 1. The Balaban J connectivity index is 2.21. The lowest BCUT2D eigenvalue weighted by Crippen LogP contribution is -2.11. The van der Waals surface area contributed by atoms with Gasteiger partial charge in [0.05, 0.1) is 13.7 Å². The monoisotopic (exact) mass is 266 g/mol. The topological polar surface area (TPSA) is 38.7 Å². The van der Waals surface area contributed by atoms with E-state index in [-0.39, 0.29) is 6.61 Å². The molecule has 0 amide bonds. The standard InChI is InChI=1S/C16H26O3/c1-13(8-9-17)10-14(2)11-19-12-15-4-6-16(18-3)7-5-15/h4-7,13-14,17H,8-12H2,1-3H3/t13-,14-/m1/s1. The maximum Gasteiger partial charge on any atom is 0.118 e. The van der Waals surface area contributed by atoms with Crippen LogP contribution in [0.2, 0.25) is 0 Å². The van der Waals surface area contributed by atoms with E-state index in [0.29, 0.717) is 18.4 Å². The maximum absolute atomic E-state index is 8.88. The number of ether oxygens (including phenoxy) is 2. The molecule has 0 saturated heterocycles. The fourth-order valence-electron chi connectivity index (χ4n) is 2.19. The zero-order valence-electron chi connectivity index (χ0n) is 12.3. The normalized spacial score (nSPS) is 14.1. The first-order chi connectivity index (χ1) is 9.15. The van der Waals surface area contributed by atoms with E-state index < -0.39 is 0 Å². The second-order valence-electron chi connectivity index (χ2n) is 5.32. The van der Waals surface area contributed by atoms with Gasteiger partial charge in [-0.15, -0.1) is 0 Å². The summed E-state index contributed by atoms with van der Waals surface area (Å²) < 4.78 is 10.8. The van der Waals surface area contributed by atoms with Gasteiger partial charge in [-0.3, -0.25) is 0 Å². The van der Waals surface area contributed by atoms with Crippen molar-refractivity contribution in [2.75, 3.05) is 20.3 Å². The highest BCUT2D eigenvalue weighted by Gasteiger charge is 2.08. The predicted octanol–water partition coefficient (Wildman–Crippen LogP) is 3.26. The summed E-state index contributed by atoms with van der Waals surface area (Å²) in [7, 11) is 1.67. The molecule has 1 aromatic rings. The zero-order valence-corrected chi connectivity index (χ0v) is 12.3. The van der Waals surface area contributed by atoms with Crippen LogP contribution in [0, 0.1) is 11.8 Å². The molecule has 1 rings (SSSR count). The number of hydrogen-bond donors (Lipinski definition) is 1. The van der Waals surface area contributed by atoms with Crippen molar-refractivity contribution in [1.29, 1.82) is 0 Å². The Morgan fingerprint density at radius 1 is 1.11 bits per heavy atom. The second kappa shape index (κ2) is 8.94. The first-order valence-electron chi connectivity index (χ1n) is 6.97. The maximum atomic E-state index is 8.88. The quantitative estimate of drug-likeness (QED) is 0.745. The predicted molar refractivity (Wildman–Crippen MR) is 77.3 cm³/mol. The van der Waals surface area contributed by atoms with Crippen LogP contribution in [-0.4, -0.2) is 25.4 Å². The molecule has 0 spiro atoms. The summed E-state index contributed by atoms with van der Waals surface area (Å²) in [5.41, 5.74) is 1.16. The summed E-state index contributed by atoms with van der Waals surface area (Å²) in [6.45, 7) is 6.06. The van der Waals surface area contributed by atoms with Crippen molar-refractivity contribution in [3.8, 4) is 5.75 Å². The Kier molecular flexibility index (Phi) is 7.53. The molecule has 0 aliphatic rings. The average Bonchev–Trinajstić information content (AvgIpc) is 2.39. The van der Waals surface area contributed by atoms with E-state index in [4.69, 9.17) is 14.6 Å². The molecule has 0 aromatic heterocycles. The average molecular weight is 266 g/mol. The van der Waals surface area contributed by atoms with Gasteiger partial charge in [0, 0.05) is 13.2 Å². The summed E-state index contributed by atoms with van der Waals surface area (Å²) in [5.74, 6) is 1.96. The third kappa shape index (κ3) is 6.60. The van der Waals surface area contributed by atoms with Crippen LogP contribution >= 0.6 is 0 Å². The molecule has 0 aliphatic heterocycles. The Morgan fingerprint density at radius 3 is 2.37 bits per heavy atom. The summed E-state index contributed by atoms with van der Waals surface area (Å²) in [5, 5.41) is 8.88. The van der Waals surface area contributed by atoms with Crippen molar-refractivity contribution in [2.24, 2.45) is 11.8 Å². The SMILES string of the molecule is COc1ccc(COC[C@H](C)C[C@H](C)CCO)cc1. The lowest BCUT2D eigenvalue weighted by atomic mass is 9.96. The van der Waals surface area contributed by atoms with Gasteiger partial charge in [-0.1, -0.05) is 26.0 Å². The van der Waals surface area contributed by atoms with Gasteiger partial charge in [0.15, 0.2) is 0 Å². The van der Waals surface area contributed by atoms with Gasteiger partial charge in [-0.05, 0) is 42.4 Å². The van der Waals surface area contributed by atoms with Crippen molar-refractivity contribution in [3.63, 3.8) is 0 Å². The number of methoxy groups -OCH3 is 1. The van der Waals surface area contributed by atoms with E-state index in [1.165, 1.54) is 0 Å². The van der Waals surface area contributed by atoms with Crippen LogP contribution < -0.4 is 4.74 Å². The Labute approximate surface area is 116 Å². The van der Waals surface area contributed by atoms with Crippen LogP contribution in [0.3, 0.4) is 0 Å². The third-order valence-corrected chi connectivity index (χ3v) is 3.26. The molecule has 108 valence electrons. The van der Waals surface area contributed by atoms with Crippen LogP contribution in [0.5, 0.6) is 5.75 Å². The highest BCUT2D eigenvalue weighted by molar-refractivity contribution is 5.26. The van der Waals surface area contributed by atoms with E-state index in [2.05, 4.69) is 13.8 Å². The van der Waals surface area contributed by atoms with Crippen LogP contribution in [0.15, 0.2) is 24.3 Å². The fraction of sp³-hybridized carbons (Fsp3) is 0.625. The van der Waals surface area contributed by atoms with Gasteiger partial charge in [-0.25, -0.2) is 0 Å². The Morgan fingerprint density at radius 2 is 1.79 bits per heavy atom. The molecule has 0 radical (unpaired) electrons. The molecule has 0 fully saturated rings. The van der Waals surface area contributed by atoms with E-state index in [1.54, 1.807) is 7.11 Å². The van der Waals surface area contributed by atoms with Crippen LogP contribution in [0.4, 0.5) is 0 Å². The van der Waals surface area contributed by atoms with Gasteiger partial charge in [-0.2, -0.15) is 0 Å². The molecule has 1 aromatic carbocycles. The molecule has 3 nitrogen and oxygen atoms in total. The fourth-order valence-corrected chi connectivity index (χ4v) is 2.19. The van der Waals surface area contributed by atoms with E-state index >= 15 is 0 Å². The molecule has 19 heavy (non-hydrogen) atoms. The molecule has 0 saturated carbocycles. The smallest absolute Gasteiger partial charge is 0.118 e. The van der Waals surface area contributed by atoms with Crippen molar-refractivity contribution in [1.82, 2.24) is 0 Å². The van der Waals surface area contributed by atoms with Crippen LogP contribution in [-0.2, 0) is 11.3 Å². The highest BCUT2D eigenvalue weighted by Crippen LogP contribution is 2.16. The first kappa shape index (κ1) is 16.0. The minimum atomic E-state index is 0.278. The number of benzene rings is 1. The summed E-state index contributed by atoms with van der Waals surface area (Å²) in [4.78, 5) is 0. The Bertz CT molecular complexity index is 334. The number of rotatable bonds is 9. The zero-order chi connectivity index (χ0) is 14.1. The molecule has 3 heteroatoms. The molecule has 0 aliphatic carbocycles. The van der Waals surface area contributed by atoms with Crippen LogP contribution in [0.1, 0.15) is 32.3 Å². The lowest BCUT2D eigenvalue weighted by molar-refractivity contribution is 0.0830. The second-order valence-corrected chi connectivity index (χ2v) is 5.32. The van der Waals surface area contributed by atoms with Gasteiger partial charge in [0.1, 0.15) is 5.75 Å². The lowest BCUT2D eigenvalue weighted by Gasteiger charge is -2.16. The van der Waals surface area contributed by atoms with Crippen molar-refractivity contribution in [3.05, 3.63) is 29.8 Å². The summed E-state index contributed by atoms with van der Waals surface area (Å²) >= 11 is 0.